The van der Waals surface area contributed by atoms with Crippen LogP contribution in [0.5, 0.6) is 0 Å². The highest BCUT2D eigenvalue weighted by atomic mass is 35.5. The van der Waals surface area contributed by atoms with Gasteiger partial charge in [-0.05, 0) is 134 Å². The first-order chi connectivity index (χ1) is 25.5. The Labute approximate surface area is 333 Å². The summed E-state index contributed by atoms with van der Waals surface area (Å²) in [4.78, 5) is 53.9. The Hall–Kier alpha value is -2.71. The molecule has 7 rings (SSSR count). The van der Waals surface area contributed by atoms with Crippen LogP contribution in [0.1, 0.15) is 139 Å². The summed E-state index contributed by atoms with van der Waals surface area (Å²) < 4.78 is 6.20. The third-order valence-corrected chi connectivity index (χ3v) is 17.9. The number of benzene rings is 1. The molecule has 0 saturated heterocycles. The fourth-order valence-corrected chi connectivity index (χ4v) is 14.3. The molecule has 0 aromatic heterocycles. The number of carboxylic acids is 1. The summed E-state index contributed by atoms with van der Waals surface area (Å²) in [6, 6.07) is 7.46. The van der Waals surface area contributed by atoms with Gasteiger partial charge in [0.05, 0.1) is 17.9 Å². The molecule has 1 amide bonds. The quantitative estimate of drug-likeness (QED) is 0.227. The summed E-state index contributed by atoms with van der Waals surface area (Å²) in [6.45, 7) is 19.4. The molecule has 9 heteroatoms. The number of allylic oxidation sites excluding steroid dienone is 1. The van der Waals surface area contributed by atoms with Crippen LogP contribution < -0.4 is 0 Å². The Kier molecular flexibility index (Phi) is 9.69. The van der Waals surface area contributed by atoms with Crippen LogP contribution in [0.2, 0.25) is 5.02 Å². The van der Waals surface area contributed by atoms with Crippen LogP contribution in [-0.2, 0) is 30.5 Å². The van der Waals surface area contributed by atoms with E-state index in [1.54, 1.807) is 25.7 Å². The van der Waals surface area contributed by atoms with Gasteiger partial charge < -0.3 is 19.8 Å². The molecule has 1 aromatic carbocycles. The SMILES string of the molecule is CC(=O)N(Cc1ccc(Cl)cc1)C[C@@H](O)[C@@]12CCC3(C)[C@H](CC[C@H]4[C@@]3(C)CC[C@@]35CC3(C)[C@@H](OC(=O)CC(C)(C)C(=O)O)CC[C@]45C)C1=C(C(C)C)C(=O)C2. The Morgan fingerprint density at radius 1 is 0.927 bits per heavy atom. The molecule has 1 spiro atoms. The largest absolute Gasteiger partial charge is 0.481 e. The van der Waals surface area contributed by atoms with Gasteiger partial charge in [0, 0.05) is 42.3 Å². The summed E-state index contributed by atoms with van der Waals surface area (Å²) in [6.07, 6.45) is 7.66. The topological polar surface area (TPSA) is 121 Å². The van der Waals surface area contributed by atoms with E-state index in [-0.39, 0.29) is 69.7 Å². The first-order valence-corrected chi connectivity index (χ1v) is 21.3. The molecule has 0 bridgehead atoms. The van der Waals surface area contributed by atoms with E-state index in [0.717, 1.165) is 68.9 Å². The molecule has 6 aliphatic rings. The number of Topliss-reactive ketones (excluding diaryl/α,β-unsaturated/α-hetero) is 1. The van der Waals surface area contributed by atoms with Gasteiger partial charge in [-0.1, -0.05) is 70.8 Å². The number of carbonyl (C=O) groups is 4. The third-order valence-electron chi connectivity index (χ3n) is 17.6. The van der Waals surface area contributed by atoms with Crippen molar-refractivity contribution in [2.75, 3.05) is 6.54 Å². The normalized spacial score (nSPS) is 39.6. The van der Waals surface area contributed by atoms with Crippen LogP contribution in [0.4, 0.5) is 0 Å². The van der Waals surface area contributed by atoms with E-state index < -0.39 is 28.9 Å². The highest BCUT2D eigenvalue weighted by molar-refractivity contribution is 6.30. The Balaban J connectivity index is 1.17. The summed E-state index contributed by atoms with van der Waals surface area (Å²) >= 11 is 6.14. The van der Waals surface area contributed by atoms with Crippen LogP contribution in [0, 0.1) is 55.7 Å². The fraction of sp³-hybridized carbons (Fsp3) is 0.739. The standard InChI is InChI=1S/C46H64ClNO7/c1-27(2)37-32(50)22-45(34(51)25-48(28(3)49)24-29-10-12-30(47)13-11-29)20-18-41(6)31(38(37)45)14-15-33-42(41,7)19-21-46-26-44(46,9)35(16-17-43(33,46)8)55-36(52)23-40(4,5)39(53)54/h10-13,27,31,33-35,51H,14-26H2,1-9H3,(H,53,54)/t31-,33+,34-,35+,41?,42-,43-,44?,45+,46+/m1/s1. The van der Waals surface area contributed by atoms with Gasteiger partial charge in [-0.3, -0.25) is 19.2 Å². The van der Waals surface area contributed by atoms with Gasteiger partial charge in [0.2, 0.25) is 5.91 Å². The average molecular weight is 778 g/mol. The minimum absolute atomic E-state index is 0.00623. The number of esters is 1. The average Bonchev–Trinajstić information content (AvgIpc) is 3.62. The molecule has 0 aliphatic heterocycles. The number of hydrogen-bond acceptors (Lipinski definition) is 6. The minimum atomic E-state index is -1.17. The molecule has 10 atom stereocenters. The molecule has 0 radical (unpaired) electrons. The number of amides is 1. The van der Waals surface area contributed by atoms with Crippen molar-refractivity contribution in [3.05, 3.63) is 46.0 Å². The van der Waals surface area contributed by atoms with E-state index in [9.17, 15) is 29.4 Å². The zero-order valence-corrected chi connectivity index (χ0v) is 35.4. The van der Waals surface area contributed by atoms with Crippen molar-refractivity contribution in [2.45, 2.75) is 152 Å². The Morgan fingerprint density at radius 2 is 1.58 bits per heavy atom. The number of carbonyl (C=O) groups excluding carboxylic acids is 3. The molecule has 302 valence electrons. The number of ether oxygens (including phenoxy) is 1. The van der Waals surface area contributed by atoms with Crippen molar-refractivity contribution < 1.29 is 34.1 Å². The smallest absolute Gasteiger partial charge is 0.309 e. The molecule has 1 aromatic rings. The van der Waals surface area contributed by atoms with Crippen molar-refractivity contribution in [3.8, 4) is 0 Å². The molecule has 8 nitrogen and oxygen atoms in total. The predicted octanol–water partition coefficient (Wildman–Crippen LogP) is 9.20. The van der Waals surface area contributed by atoms with Crippen molar-refractivity contribution in [1.29, 1.82) is 0 Å². The van der Waals surface area contributed by atoms with Crippen LogP contribution >= 0.6 is 11.6 Å². The molecule has 55 heavy (non-hydrogen) atoms. The van der Waals surface area contributed by atoms with Crippen molar-refractivity contribution >= 4 is 35.2 Å². The van der Waals surface area contributed by atoms with Gasteiger partial charge in [0.25, 0.3) is 0 Å². The minimum Gasteiger partial charge on any atom is -0.481 e. The molecule has 0 heterocycles. The third kappa shape index (κ3) is 5.74. The number of carboxylic acid groups (broad SMARTS) is 1. The lowest BCUT2D eigenvalue weighted by molar-refractivity contribution is -0.221. The van der Waals surface area contributed by atoms with Crippen molar-refractivity contribution in [2.24, 2.45) is 55.7 Å². The maximum Gasteiger partial charge on any atom is 0.309 e. The lowest BCUT2D eigenvalue weighted by Crippen LogP contribution is -2.65. The molecule has 5 fully saturated rings. The highest BCUT2D eigenvalue weighted by Gasteiger charge is 2.82. The predicted molar refractivity (Wildman–Crippen MR) is 212 cm³/mol. The number of hydrogen-bond donors (Lipinski definition) is 2. The summed E-state index contributed by atoms with van der Waals surface area (Å²) in [5.74, 6) is -0.682. The van der Waals surface area contributed by atoms with Gasteiger partial charge >= 0.3 is 11.9 Å². The number of nitrogens with zero attached hydrogens (tertiary/aromatic N) is 1. The number of halogens is 1. The lowest BCUT2D eigenvalue weighted by atomic mass is 9.33. The second-order valence-electron chi connectivity index (χ2n) is 20.8. The summed E-state index contributed by atoms with van der Waals surface area (Å²) in [7, 11) is 0. The summed E-state index contributed by atoms with van der Waals surface area (Å²) in [5.41, 5.74) is 1.13. The van der Waals surface area contributed by atoms with E-state index in [1.165, 1.54) is 5.57 Å². The van der Waals surface area contributed by atoms with Gasteiger partial charge in [0.1, 0.15) is 6.10 Å². The number of aliphatic hydroxyl groups is 1. The van der Waals surface area contributed by atoms with Gasteiger partial charge in [-0.2, -0.15) is 0 Å². The first-order valence-electron chi connectivity index (χ1n) is 20.9. The second kappa shape index (κ2) is 13.2. The second-order valence-corrected chi connectivity index (χ2v) is 21.2. The Bertz CT molecular complexity index is 1820. The van der Waals surface area contributed by atoms with E-state index in [4.69, 9.17) is 16.3 Å². The number of ketones is 1. The van der Waals surface area contributed by atoms with Gasteiger partial charge in [-0.25, -0.2) is 0 Å². The maximum atomic E-state index is 14.2. The number of aliphatic carboxylic acids is 1. The molecule has 6 aliphatic carbocycles. The van der Waals surface area contributed by atoms with Crippen molar-refractivity contribution in [1.82, 2.24) is 4.90 Å². The highest BCUT2D eigenvalue weighted by Crippen LogP contribution is 2.87. The maximum absolute atomic E-state index is 14.2. The van der Waals surface area contributed by atoms with E-state index in [1.807, 2.05) is 24.3 Å². The summed E-state index contributed by atoms with van der Waals surface area (Å²) in [5, 5.41) is 22.7. The number of fused-ring (bicyclic) bond motifs is 6. The Morgan fingerprint density at radius 3 is 2.20 bits per heavy atom. The number of rotatable bonds is 10. The number of aliphatic hydroxyl groups excluding tert-OH is 1. The van der Waals surface area contributed by atoms with Crippen LogP contribution in [0.15, 0.2) is 35.4 Å². The van der Waals surface area contributed by atoms with E-state index in [2.05, 4.69) is 41.5 Å². The van der Waals surface area contributed by atoms with Crippen molar-refractivity contribution in [3.63, 3.8) is 0 Å². The monoisotopic (exact) mass is 777 g/mol. The van der Waals surface area contributed by atoms with E-state index in [0.29, 0.717) is 23.9 Å². The van der Waals surface area contributed by atoms with Crippen LogP contribution in [-0.4, -0.2) is 57.5 Å². The zero-order valence-electron chi connectivity index (χ0n) is 34.6. The van der Waals surface area contributed by atoms with Gasteiger partial charge in [-0.15, -0.1) is 0 Å². The van der Waals surface area contributed by atoms with Crippen LogP contribution in [0.25, 0.3) is 0 Å². The molecule has 5 saturated carbocycles. The van der Waals surface area contributed by atoms with Gasteiger partial charge in [0.15, 0.2) is 5.78 Å². The molecular weight excluding hydrogens is 714 g/mol. The first kappa shape index (κ1) is 40.5. The van der Waals surface area contributed by atoms with Crippen LogP contribution in [0.3, 0.4) is 0 Å². The molecule has 2 N–H and O–H groups in total. The molecular formula is C46H64ClNO7. The zero-order chi connectivity index (χ0) is 40.3. The van der Waals surface area contributed by atoms with E-state index >= 15 is 0 Å². The lowest BCUT2D eigenvalue weighted by Gasteiger charge is -2.71. The molecule has 2 unspecified atom stereocenters. The fourth-order valence-electron chi connectivity index (χ4n) is 14.2.